The minimum atomic E-state index is -0.416. The molecule has 7 nitrogen and oxygen atoms in total. The van der Waals surface area contributed by atoms with Crippen molar-refractivity contribution in [3.05, 3.63) is 113 Å². The monoisotopic (exact) mass is 477 g/mol. The average molecular weight is 478 g/mol. The van der Waals surface area contributed by atoms with Gasteiger partial charge in [-0.15, -0.1) is 0 Å². The smallest absolute Gasteiger partial charge is 0.269 e. The van der Waals surface area contributed by atoms with Crippen LogP contribution in [-0.2, 0) is 0 Å². The summed E-state index contributed by atoms with van der Waals surface area (Å²) in [5.74, 6) is 1.01. The molecule has 0 fully saturated rings. The second-order valence-corrected chi connectivity index (χ2v) is 8.09. The fourth-order valence-electron chi connectivity index (χ4n) is 4.17. The normalized spacial score (nSPS) is 10.8. The lowest BCUT2D eigenvalue weighted by molar-refractivity contribution is -0.384. The van der Waals surface area contributed by atoms with Gasteiger partial charge in [0, 0.05) is 34.5 Å². The van der Waals surface area contributed by atoms with E-state index >= 15 is 0 Å². The van der Waals surface area contributed by atoms with Crippen LogP contribution in [0.15, 0.2) is 103 Å². The molecule has 0 aliphatic rings. The molecule has 0 spiro atoms. The summed E-state index contributed by atoms with van der Waals surface area (Å²) in [6, 6.07) is 31.3. The van der Waals surface area contributed by atoms with Gasteiger partial charge in [-0.25, -0.2) is 4.98 Å². The molecule has 178 valence electrons. The van der Waals surface area contributed by atoms with Gasteiger partial charge in [0.05, 0.1) is 22.9 Å². The number of aromatic hydroxyl groups is 1. The lowest BCUT2D eigenvalue weighted by atomic mass is 10.0. The van der Waals surface area contributed by atoms with E-state index in [0.717, 1.165) is 33.8 Å². The Labute approximate surface area is 208 Å². The Kier molecular flexibility index (Phi) is 6.19. The van der Waals surface area contributed by atoms with Crippen LogP contribution in [0.3, 0.4) is 0 Å². The van der Waals surface area contributed by atoms with E-state index in [9.17, 15) is 15.2 Å². The molecule has 5 aromatic rings. The Morgan fingerprint density at radius 3 is 2.11 bits per heavy atom. The van der Waals surface area contributed by atoms with Crippen molar-refractivity contribution >= 4 is 5.69 Å². The van der Waals surface area contributed by atoms with Crippen LogP contribution < -0.4 is 4.74 Å². The highest BCUT2D eigenvalue weighted by Crippen LogP contribution is 2.40. The van der Waals surface area contributed by atoms with Gasteiger partial charge in [-0.1, -0.05) is 60.7 Å². The topological polar surface area (TPSA) is 90.4 Å². The van der Waals surface area contributed by atoms with Crippen LogP contribution in [0, 0.1) is 10.1 Å². The maximum atomic E-state index is 11.3. The first-order valence-corrected chi connectivity index (χ1v) is 11.5. The lowest BCUT2D eigenvalue weighted by Crippen LogP contribution is -2.01. The van der Waals surface area contributed by atoms with Crippen LogP contribution >= 0.6 is 0 Å². The Bertz CT molecular complexity index is 1510. The zero-order valence-corrected chi connectivity index (χ0v) is 19.5. The number of ether oxygens (including phenoxy) is 1. The number of phenolic OH excluding ortho intramolecular Hbond substituents is 1. The molecule has 0 saturated heterocycles. The van der Waals surface area contributed by atoms with Crippen molar-refractivity contribution in [3.8, 4) is 51.1 Å². The summed E-state index contributed by atoms with van der Waals surface area (Å²) in [5, 5.41) is 21.6. The number of nitro benzene ring substituents is 1. The number of aromatic nitrogens is 2. The number of nitrogens with zero attached hydrogens (tertiary/aromatic N) is 3. The van der Waals surface area contributed by atoms with Crippen molar-refractivity contribution in [2.45, 2.75) is 6.92 Å². The van der Waals surface area contributed by atoms with E-state index in [1.807, 2.05) is 72.2 Å². The van der Waals surface area contributed by atoms with Gasteiger partial charge in [0.15, 0.2) is 11.5 Å². The molecule has 4 aromatic carbocycles. The molecule has 7 heteroatoms. The molecule has 0 saturated carbocycles. The summed E-state index contributed by atoms with van der Waals surface area (Å²) in [5.41, 5.74) is 4.94. The summed E-state index contributed by atoms with van der Waals surface area (Å²) >= 11 is 0. The third-order valence-electron chi connectivity index (χ3n) is 5.81. The van der Waals surface area contributed by atoms with Crippen molar-refractivity contribution in [1.29, 1.82) is 0 Å². The number of nitro groups is 1. The zero-order chi connectivity index (χ0) is 25.1. The van der Waals surface area contributed by atoms with Crippen LogP contribution in [0.2, 0.25) is 0 Å². The summed E-state index contributed by atoms with van der Waals surface area (Å²) in [4.78, 5) is 16.0. The Balaban J connectivity index is 1.84. The Hall–Kier alpha value is -4.91. The molecule has 1 N–H and O–H groups in total. The summed E-state index contributed by atoms with van der Waals surface area (Å²) < 4.78 is 7.62. The highest BCUT2D eigenvalue weighted by atomic mass is 16.6. The SMILES string of the molecule is CCOc1cc(-c2nc(-c3ccccc3)c(-c3ccccc3)n2-c2ccc([N+](=O)[O-])cc2)ccc1O. The summed E-state index contributed by atoms with van der Waals surface area (Å²) in [7, 11) is 0. The van der Waals surface area contributed by atoms with Crippen LogP contribution in [0.5, 0.6) is 11.5 Å². The van der Waals surface area contributed by atoms with E-state index in [-0.39, 0.29) is 11.4 Å². The van der Waals surface area contributed by atoms with Crippen LogP contribution in [-0.4, -0.2) is 26.2 Å². The fourth-order valence-corrected chi connectivity index (χ4v) is 4.17. The minimum Gasteiger partial charge on any atom is -0.504 e. The van der Waals surface area contributed by atoms with Crippen molar-refractivity contribution in [3.63, 3.8) is 0 Å². The molecule has 0 aliphatic carbocycles. The van der Waals surface area contributed by atoms with Crippen molar-refractivity contribution in [2.75, 3.05) is 6.61 Å². The van der Waals surface area contributed by atoms with Gasteiger partial charge in [0.2, 0.25) is 0 Å². The number of imidazole rings is 1. The van der Waals surface area contributed by atoms with E-state index in [4.69, 9.17) is 9.72 Å². The number of rotatable bonds is 7. The van der Waals surface area contributed by atoms with Gasteiger partial charge in [-0.3, -0.25) is 14.7 Å². The fraction of sp³-hybridized carbons (Fsp3) is 0.0690. The highest BCUT2D eigenvalue weighted by molar-refractivity contribution is 5.84. The number of hydrogen-bond donors (Lipinski definition) is 1. The van der Waals surface area contributed by atoms with Gasteiger partial charge in [0.25, 0.3) is 5.69 Å². The van der Waals surface area contributed by atoms with Crippen LogP contribution in [0.1, 0.15) is 6.92 Å². The molecule has 36 heavy (non-hydrogen) atoms. The number of phenols is 1. The molecule has 0 aliphatic heterocycles. The van der Waals surface area contributed by atoms with Crippen LogP contribution in [0.25, 0.3) is 39.6 Å². The van der Waals surface area contributed by atoms with Crippen molar-refractivity contribution in [2.24, 2.45) is 0 Å². The van der Waals surface area contributed by atoms with E-state index in [1.165, 1.54) is 12.1 Å². The summed E-state index contributed by atoms with van der Waals surface area (Å²) in [6.07, 6.45) is 0. The van der Waals surface area contributed by atoms with Crippen molar-refractivity contribution < 1.29 is 14.8 Å². The lowest BCUT2D eigenvalue weighted by Gasteiger charge is -2.14. The number of benzene rings is 4. The molecule has 0 bridgehead atoms. The first-order valence-electron chi connectivity index (χ1n) is 11.5. The standard InChI is InChI=1S/C29H23N3O4/c1-2-36-26-19-22(13-18-25(26)33)29-30-27(20-9-5-3-6-10-20)28(21-11-7-4-8-12-21)31(29)23-14-16-24(17-15-23)32(34)35/h3-19,33H,2H2,1H3. The van der Waals surface area contributed by atoms with Crippen molar-refractivity contribution in [1.82, 2.24) is 9.55 Å². The third kappa shape index (κ3) is 4.30. The molecule has 0 amide bonds. The second kappa shape index (κ2) is 9.76. The first kappa shape index (κ1) is 22.9. The minimum absolute atomic E-state index is 0.00762. The molecular formula is C29H23N3O4. The van der Waals surface area contributed by atoms with Gasteiger partial charge in [-0.05, 0) is 37.3 Å². The molecule has 5 rings (SSSR count). The third-order valence-corrected chi connectivity index (χ3v) is 5.81. The van der Waals surface area contributed by atoms with Gasteiger partial charge in [-0.2, -0.15) is 0 Å². The van der Waals surface area contributed by atoms with E-state index < -0.39 is 4.92 Å². The number of non-ortho nitro benzene ring substituents is 1. The second-order valence-electron chi connectivity index (χ2n) is 8.09. The van der Waals surface area contributed by atoms with Gasteiger partial charge >= 0.3 is 0 Å². The first-order chi connectivity index (χ1) is 17.6. The molecule has 1 aromatic heterocycles. The predicted octanol–water partition coefficient (Wildman–Crippen LogP) is 6.89. The number of hydrogen-bond acceptors (Lipinski definition) is 5. The molecule has 0 atom stereocenters. The predicted molar refractivity (Wildman–Crippen MR) is 139 cm³/mol. The van der Waals surface area contributed by atoms with E-state index in [0.29, 0.717) is 18.2 Å². The summed E-state index contributed by atoms with van der Waals surface area (Å²) in [6.45, 7) is 2.25. The quantitative estimate of drug-likeness (QED) is 0.204. The highest BCUT2D eigenvalue weighted by Gasteiger charge is 2.23. The zero-order valence-electron chi connectivity index (χ0n) is 19.5. The molecular weight excluding hydrogens is 454 g/mol. The van der Waals surface area contributed by atoms with Gasteiger partial charge < -0.3 is 9.84 Å². The maximum Gasteiger partial charge on any atom is 0.269 e. The van der Waals surface area contributed by atoms with E-state index in [1.54, 1.807) is 30.3 Å². The molecule has 1 heterocycles. The Morgan fingerprint density at radius 2 is 1.50 bits per heavy atom. The molecule has 0 unspecified atom stereocenters. The molecule has 0 radical (unpaired) electrons. The van der Waals surface area contributed by atoms with E-state index in [2.05, 4.69) is 0 Å². The van der Waals surface area contributed by atoms with Crippen LogP contribution in [0.4, 0.5) is 5.69 Å². The average Bonchev–Trinajstić information content (AvgIpc) is 3.32. The Morgan fingerprint density at radius 1 is 0.861 bits per heavy atom. The van der Waals surface area contributed by atoms with Gasteiger partial charge in [0.1, 0.15) is 5.82 Å². The largest absolute Gasteiger partial charge is 0.504 e. The maximum absolute atomic E-state index is 11.3.